The van der Waals surface area contributed by atoms with Gasteiger partial charge in [-0.1, -0.05) is 19.8 Å². The first-order chi connectivity index (χ1) is 9.65. The summed E-state index contributed by atoms with van der Waals surface area (Å²) in [5.74, 6) is 2.10. The zero-order valence-electron chi connectivity index (χ0n) is 13.3. The number of hydrogen-bond acceptors (Lipinski definition) is 2. The highest BCUT2D eigenvalue weighted by molar-refractivity contribution is 5.79. The molecule has 2 unspecified atom stereocenters. The van der Waals surface area contributed by atoms with Gasteiger partial charge in [-0.2, -0.15) is 0 Å². The van der Waals surface area contributed by atoms with Crippen LogP contribution in [-0.4, -0.2) is 30.4 Å². The zero-order valence-corrected chi connectivity index (χ0v) is 13.3. The van der Waals surface area contributed by atoms with E-state index >= 15 is 0 Å². The van der Waals surface area contributed by atoms with Gasteiger partial charge in [0.25, 0.3) is 0 Å². The third-order valence-corrected chi connectivity index (χ3v) is 5.75. The normalized spacial score (nSPS) is 34.8. The van der Waals surface area contributed by atoms with Crippen molar-refractivity contribution in [3.8, 4) is 0 Å². The van der Waals surface area contributed by atoms with Gasteiger partial charge in [0.2, 0.25) is 5.91 Å². The van der Waals surface area contributed by atoms with Crippen molar-refractivity contribution in [2.24, 2.45) is 23.5 Å². The Morgan fingerprint density at radius 1 is 1.10 bits per heavy atom. The largest absolute Gasteiger partial charge is 0.343 e. The van der Waals surface area contributed by atoms with E-state index in [2.05, 4.69) is 11.8 Å². The third-order valence-electron chi connectivity index (χ3n) is 5.75. The second kappa shape index (κ2) is 7.44. The van der Waals surface area contributed by atoms with E-state index in [4.69, 9.17) is 5.73 Å². The topological polar surface area (TPSA) is 46.3 Å². The van der Waals surface area contributed by atoms with E-state index in [1.807, 2.05) is 7.05 Å². The highest BCUT2D eigenvalue weighted by Gasteiger charge is 2.32. The highest BCUT2D eigenvalue weighted by atomic mass is 16.2. The number of amides is 1. The molecule has 2 atom stereocenters. The Balaban J connectivity index is 1.85. The fourth-order valence-corrected chi connectivity index (χ4v) is 4.14. The van der Waals surface area contributed by atoms with Crippen LogP contribution >= 0.6 is 0 Å². The lowest BCUT2D eigenvalue weighted by Gasteiger charge is -2.37. The number of nitrogens with zero attached hydrogens (tertiary/aromatic N) is 1. The van der Waals surface area contributed by atoms with Crippen molar-refractivity contribution < 1.29 is 4.79 Å². The molecule has 2 fully saturated rings. The first-order valence-electron chi connectivity index (χ1n) is 8.62. The molecule has 0 aromatic rings. The fourth-order valence-electron chi connectivity index (χ4n) is 4.14. The fraction of sp³-hybridized carbons (Fsp3) is 0.941. The van der Waals surface area contributed by atoms with E-state index in [0.29, 0.717) is 17.9 Å². The summed E-state index contributed by atoms with van der Waals surface area (Å²) in [5, 5.41) is 0. The van der Waals surface area contributed by atoms with Crippen molar-refractivity contribution in [1.82, 2.24) is 4.90 Å². The average molecular weight is 280 g/mol. The summed E-state index contributed by atoms with van der Waals surface area (Å²) in [6, 6.07) is 0.489. The molecule has 1 amide bonds. The van der Waals surface area contributed by atoms with E-state index in [1.54, 1.807) is 0 Å². The monoisotopic (exact) mass is 280 g/mol. The maximum absolute atomic E-state index is 12.7. The molecule has 0 spiro atoms. The molecule has 2 rings (SSSR count). The van der Waals surface area contributed by atoms with Crippen LogP contribution in [0.2, 0.25) is 0 Å². The molecular weight excluding hydrogens is 248 g/mol. The quantitative estimate of drug-likeness (QED) is 0.859. The molecule has 20 heavy (non-hydrogen) atoms. The molecule has 3 heteroatoms. The van der Waals surface area contributed by atoms with E-state index in [9.17, 15) is 4.79 Å². The number of nitrogens with two attached hydrogens (primary N) is 1. The maximum Gasteiger partial charge on any atom is 0.225 e. The number of rotatable bonds is 4. The van der Waals surface area contributed by atoms with Gasteiger partial charge < -0.3 is 10.6 Å². The second-order valence-electron chi connectivity index (χ2n) is 7.00. The van der Waals surface area contributed by atoms with Crippen molar-refractivity contribution in [2.75, 3.05) is 13.6 Å². The maximum atomic E-state index is 12.7. The van der Waals surface area contributed by atoms with Gasteiger partial charge in [-0.25, -0.2) is 0 Å². The average Bonchev–Trinajstić information content (AvgIpc) is 2.53. The van der Waals surface area contributed by atoms with Gasteiger partial charge in [0.05, 0.1) is 0 Å². The Bertz CT molecular complexity index is 310. The van der Waals surface area contributed by atoms with Crippen molar-refractivity contribution in [3.63, 3.8) is 0 Å². The van der Waals surface area contributed by atoms with Crippen LogP contribution in [0, 0.1) is 17.8 Å². The van der Waals surface area contributed by atoms with Crippen LogP contribution in [-0.2, 0) is 4.79 Å². The molecule has 3 nitrogen and oxygen atoms in total. The molecular formula is C17H32N2O. The molecule has 0 saturated heterocycles. The molecule has 0 aliphatic heterocycles. The molecule has 0 radical (unpaired) electrons. The Labute approximate surface area is 124 Å². The van der Waals surface area contributed by atoms with Crippen molar-refractivity contribution in [2.45, 2.75) is 70.8 Å². The van der Waals surface area contributed by atoms with Crippen LogP contribution in [0.5, 0.6) is 0 Å². The van der Waals surface area contributed by atoms with Crippen molar-refractivity contribution in [1.29, 1.82) is 0 Å². The van der Waals surface area contributed by atoms with Crippen LogP contribution in [0.15, 0.2) is 0 Å². The predicted molar refractivity (Wildman–Crippen MR) is 83.3 cm³/mol. The first-order valence-corrected chi connectivity index (χ1v) is 8.62. The standard InChI is InChI=1S/C17H32N2O/c1-3-13-7-9-16(10-8-13)19(2)17(20)15-6-4-5-14(11-15)12-18/h13-16H,3-12,18H2,1-2H3. The molecule has 2 aliphatic carbocycles. The summed E-state index contributed by atoms with van der Waals surface area (Å²) in [5.41, 5.74) is 5.79. The minimum atomic E-state index is 0.242. The van der Waals surface area contributed by atoms with Gasteiger partial charge in [-0.3, -0.25) is 4.79 Å². The van der Waals surface area contributed by atoms with Gasteiger partial charge in [0, 0.05) is 19.0 Å². The lowest BCUT2D eigenvalue weighted by Crippen LogP contribution is -2.44. The van der Waals surface area contributed by atoms with Gasteiger partial charge >= 0.3 is 0 Å². The third kappa shape index (κ3) is 3.75. The summed E-state index contributed by atoms with van der Waals surface area (Å²) >= 11 is 0. The lowest BCUT2D eigenvalue weighted by molar-refractivity contribution is -0.138. The summed E-state index contributed by atoms with van der Waals surface area (Å²) in [4.78, 5) is 14.8. The van der Waals surface area contributed by atoms with E-state index in [1.165, 1.54) is 44.9 Å². The SMILES string of the molecule is CCC1CCC(N(C)C(=O)C2CCCC(CN)C2)CC1. The summed E-state index contributed by atoms with van der Waals surface area (Å²) in [6.45, 7) is 3.03. The van der Waals surface area contributed by atoms with Crippen molar-refractivity contribution >= 4 is 5.91 Å². The molecule has 2 saturated carbocycles. The van der Waals surface area contributed by atoms with Gasteiger partial charge in [-0.05, 0) is 63.3 Å². The Kier molecular flexibility index (Phi) is 5.88. The summed E-state index contributed by atoms with van der Waals surface area (Å²) < 4.78 is 0. The van der Waals surface area contributed by atoms with Gasteiger partial charge in [0.15, 0.2) is 0 Å². The van der Waals surface area contributed by atoms with Gasteiger partial charge in [-0.15, -0.1) is 0 Å². The molecule has 0 aromatic carbocycles. The van der Waals surface area contributed by atoms with Crippen LogP contribution in [0.1, 0.15) is 64.7 Å². The highest BCUT2D eigenvalue weighted by Crippen LogP contribution is 2.33. The Morgan fingerprint density at radius 3 is 2.40 bits per heavy atom. The number of carbonyl (C=O) groups is 1. The van der Waals surface area contributed by atoms with E-state index in [0.717, 1.165) is 25.3 Å². The Hall–Kier alpha value is -0.570. The molecule has 0 aromatic heterocycles. The molecule has 0 bridgehead atoms. The molecule has 116 valence electrons. The predicted octanol–water partition coefficient (Wildman–Crippen LogP) is 3.18. The second-order valence-corrected chi connectivity index (χ2v) is 7.00. The van der Waals surface area contributed by atoms with Gasteiger partial charge in [0.1, 0.15) is 0 Å². The number of carbonyl (C=O) groups excluding carboxylic acids is 1. The van der Waals surface area contributed by atoms with E-state index < -0.39 is 0 Å². The van der Waals surface area contributed by atoms with Crippen LogP contribution < -0.4 is 5.73 Å². The smallest absolute Gasteiger partial charge is 0.225 e. The minimum absolute atomic E-state index is 0.242. The molecule has 0 heterocycles. The number of hydrogen-bond donors (Lipinski definition) is 1. The van der Waals surface area contributed by atoms with E-state index in [-0.39, 0.29) is 5.92 Å². The van der Waals surface area contributed by atoms with Crippen LogP contribution in [0.3, 0.4) is 0 Å². The summed E-state index contributed by atoms with van der Waals surface area (Å²) in [6.07, 6.45) is 10.8. The molecule has 2 N–H and O–H groups in total. The summed E-state index contributed by atoms with van der Waals surface area (Å²) in [7, 11) is 2.03. The first kappa shape index (κ1) is 15.8. The Morgan fingerprint density at radius 2 is 1.80 bits per heavy atom. The van der Waals surface area contributed by atoms with Crippen LogP contribution in [0.25, 0.3) is 0 Å². The zero-order chi connectivity index (χ0) is 14.5. The molecule has 2 aliphatic rings. The minimum Gasteiger partial charge on any atom is -0.343 e. The van der Waals surface area contributed by atoms with Crippen molar-refractivity contribution in [3.05, 3.63) is 0 Å². The lowest BCUT2D eigenvalue weighted by atomic mass is 9.79. The van der Waals surface area contributed by atoms with Crippen LogP contribution in [0.4, 0.5) is 0 Å².